The summed E-state index contributed by atoms with van der Waals surface area (Å²) < 4.78 is 5.13. The van der Waals surface area contributed by atoms with Gasteiger partial charge in [0.2, 0.25) is 0 Å². The predicted molar refractivity (Wildman–Crippen MR) is 85.5 cm³/mol. The van der Waals surface area contributed by atoms with Crippen LogP contribution in [0.15, 0.2) is 18.2 Å². The monoisotopic (exact) mass is 317 g/mol. The highest BCUT2D eigenvalue weighted by atomic mass is 16.5. The molecule has 1 aromatic rings. The number of ether oxygens (including phenoxy) is 1. The van der Waals surface area contributed by atoms with Crippen molar-refractivity contribution < 1.29 is 19.4 Å². The van der Waals surface area contributed by atoms with Crippen LogP contribution >= 0.6 is 0 Å². The van der Waals surface area contributed by atoms with Crippen molar-refractivity contribution in [1.82, 2.24) is 4.90 Å². The molecule has 1 aliphatic carbocycles. The molecule has 1 N–H and O–H groups in total. The number of piperidine rings is 1. The number of fused-ring (bicyclic) bond motifs is 1. The SMILES string of the molecule is COCC1(C(=O)O)CCCN(C(=O)c2cccc3c2CCC3)C1. The minimum Gasteiger partial charge on any atom is -0.481 e. The zero-order valence-electron chi connectivity index (χ0n) is 13.5. The molecule has 0 bridgehead atoms. The summed E-state index contributed by atoms with van der Waals surface area (Å²) in [6.07, 6.45) is 4.29. The molecular weight excluding hydrogens is 294 g/mol. The third-order valence-electron chi connectivity index (χ3n) is 5.11. The van der Waals surface area contributed by atoms with Crippen LogP contribution < -0.4 is 0 Å². The van der Waals surface area contributed by atoms with E-state index in [1.165, 1.54) is 12.7 Å². The van der Waals surface area contributed by atoms with Gasteiger partial charge in [-0.05, 0) is 49.3 Å². The molecule has 0 aromatic heterocycles. The maximum atomic E-state index is 13.0. The van der Waals surface area contributed by atoms with Crippen molar-refractivity contribution >= 4 is 11.9 Å². The van der Waals surface area contributed by atoms with E-state index >= 15 is 0 Å². The van der Waals surface area contributed by atoms with E-state index in [4.69, 9.17) is 4.74 Å². The zero-order valence-corrected chi connectivity index (χ0v) is 13.5. The Morgan fingerprint density at radius 2 is 2.13 bits per heavy atom. The second-order valence-electron chi connectivity index (χ2n) is 6.65. The Kier molecular flexibility index (Phi) is 4.39. The van der Waals surface area contributed by atoms with Crippen molar-refractivity contribution in [3.05, 3.63) is 34.9 Å². The summed E-state index contributed by atoms with van der Waals surface area (Å²) in [6, 6.07) is 5.89. The Hall–Kier alpha value is -1.88. The smallest absolute Gasteiger partial charge is 0.313 e. The van der Waals surface area contributed by atoms with E-state index in [9.17, 15) is 14.7 Å². The van der Waals surface area contributed by atoms with Gasteiger partial charge >= 0.3 is 5.97 Å². The lowest BCUT2D eigenvalue weighted by molar-refractivity contribution is -0.155. The highest BCUT2D eigenvalue weighted by Gasteiger charge is 2.44. The van der Waals surface area contributed by atoms with Crippen molar-refractivity contribution in [2.45, 2.75) is 32.1 Å². The minimum absolute atomic E-state index is 0.0369. The first kappa shape index (κ1) is 16.0. The van der Waals surface area contributed by atoms with Crippen LogP contribution in [0.1, 0.15) is 40.7 Å². The summed E-state index contributed by atoms with van der Waals surface area (Å²) in [5, 5.41) is 9.63. The number of aliphatic carboxylic acids is 1. The topological polar surface area (TPSA) is 66.8 Å². The van der Waals surface area contributed by atoms with Gasteiger partial charge in [0.25, 0.3) is 5.91 Å². The van der Waals surface area contributed by atoms with Gasteiger partial charge in [0.05, 0.1) is 6.61 Å². The summed E-state index contributed by atoms with van der Waals surface area (Å²) in [5.74, 6) is -0.916. The number of rotatable bonds is 4. The number of carbonyl (C=O) groups is 2. The zero-order chi connectivity index (χ0) is 16.4. The molecule has 1 unspecified atom stereocenters. The maximum absolute atomic E-state index is 13.0. The third kappa shape index (κ3) is 2.85. The third-order valence-corrected chi connectivity index (χ3v) is 5.11. The van der Waals surface area contributed by atoms with E-state index < -0.39 is 11.4 Å². The van der Waals surface area contributed by atoms with E-state index in [1.54, 1.807) is 4.90 Å². The molecule has 2 aliphatic rings. The first-order chi connectivity index (χ1) is 11.1. The second-order valence-corrected chi connectivity index (χ2v) is 6.65. The van der Waals surface area contributed by atoms with E-state index in [2.05, 4.69) is 6.07 Å². The minimum atomic E-state index is -0.986. The lowest BCUT2D eigenvalue weighted by Gasteiger charge is -2.39. The average Bonchev–Trinajstić information content (AvgIpc) is 3.03. The first-order valence-electron chi connectivity index (χ1n) is 8.20. The predicted octanol–water partition coefficient (Wildman–Crippen LogP) is 2.13. The van der Waals surface area contributed by atoms with E-state index in [1.807, 2.05) is 12.1 Å². The lowest BCUT2D eigenvalue weighted by atomic mass is 9.80. The molecule has 5 heteroatoms. The number of nitrogens with zero attached hydrogens (tertiary/aromatic N) is 1. The van der Waals surface area contributed by atoms with Crippen LogP contribution in [0.25, 0.3) is 0 Å². The normalized spacial score (nSPS) is 23.6. The van der Waals surface area contributed by atoms with Crippen molar-refractivity contribution in [2.75, 3.05) is 26.8 Å². The summed E-state index contributed by atoms with van der Waals surface area (Å²) in [7, 11) is 1.51. The van der Waals surface area contributed by atoms with Gasteiger partial charge in [0.15, 0.2) is 0 Å². The molecule has 0 radical (unpaired) electrons. The Morgan fingerprint density at radius 3 is 2.87 bits per heavy atom. The molecule has 0 saturated carbocycles. The molecule has 5 nitrogen and oxygen atoms in total. The van der Waals surface area contributed by atoms with Crippen LogP contribution in [-0.2, 0) is 22.4 Å². The maximum Gasteiger partial charge on any atom is 0.313 e. The number of hydrogen-bond donors (Lipinski definition) is 1. The summed E-state index contributed by atoms with van der Waals surface area (Å²) in [6.45, 7) is 0.971. The molecular formula is C18H23NO4. The number of amides is 1. The van der Waals surface area contributed by atoms with Gasteiger partial charge < -0.3 is 14.7 Å². The van der Waals surface area contributed by atoms with E-state index in [0.717, 1.165) is 30.4 Å². The summed E-state index contributed by atoms with van der Waals surface area (Å²) in [4.78, 5) is 26.4. The first-order valence-corrected chi connectivity index (χ1v) is 8.20. The number of carbonyl (C=O) groups excluding carboxylic acids is 1. The Balaban J connectivity index is 1.85. The molecule has 1 heterocycles. The van der Waals surface area contributed by atoms with E-state index in [0.29, 0.717) is 19.4 Å². The molecule has 3 rings (SSSR count). The molecule has 1 atom stereocenters. The number of benzene rings is 1. The van der Waals surface area contributed by atoms with Gasteiger partial charge in [-0.3, -0.25) is 9.59 Å². The van der Waals surface area contributed by atoms with Gasteiger partial charge in [-0.1, -0.05) is 12.1 Å². The number of methoxy groups -OCH3 is 1. The Labute approximate surface area is 136 Å². The molecule has 23 heavy (non-hydrogen) atoms. The van der Waals surface area contributed by atoms with Crippen LogP contribution in [0.3, 0.4) is 0 Å². The molecule has 1 aromatic carbocycles. The fourth-order valence-electron chi connectivity index (χ4n) is 3.93. The molecule has 1 fully saturated rings. The standard InChI is InChI=1S/C18H23NO4/c1-23-12-18(17(21)22)9-4-10-19(11-18)16(20)15-8-3-6-13-5-2-7-14(13)15/h3,6,8H,2,4-5,7,9-12H2,1H3,(H,21,22). The largest absolute Gasteiger partial charge is 0.481 e. The van der Waals surface area contributed by atoms with Crippen LogP contribution in [0, 0.1) is 5.41 Å². The quantitative estimate of drug-likeness (QED) is 0.924. The fraction of sp³-hybridized carbons (Fsp3) is 0.556. The Bertz CT molecular complexity index is 623. The highest BCUT2D eigenvalue weighted by molar-refractivity contribution is 5.96. The van der Waals surface area contributed by atoms with Gasteiger partial charge in [-0.2, -0.15) is 0 Å². The average molecular weight is 317 g/mol. The van der Waals surface area contributed by atoms with E-state index in [-0.39, 0.29) is 19.1 Å². The summed E-state index contributed by atoms with van der Waals surface area (Å²) >= 11 is 0. The van der Waals surface area contributed by atoms with Crippen LogP contribution in [0.5, 0.6) is 0 Å². The molecule has 1 amide bonds. The summed E-state index contributed by atoms with van der Waals surface area (Å²) in [5.41, 5.74) is 2.17. The number of carboxylic acid groups (broad SMARTS) is 1. The van der Waals surface area contributed by atoms with Crippen LogP contribution in [0.2, 0.25) is 0 Å². The van der Waals surface area contributed by atoms with Crippen molar-refractivity contribution in [3.63, 3.8) is 0 Å². The van der Waals surface area contributed by atoms with Crippen LogP contribution in [0.4, 0.5) is 0 Å². The van der Waals surface area contributed by atoms with Gasteiger partial charge in [-0.15, -0.1) is 0 Å². The highest BCUT2D eigenvalue weighted by Crippen LogP contribution is 2.33. The fourth-order valence-corrected chi connectivity index (χ4v) is 3.93. The second kappa shape index (κ2) is 6.32. The van der Waals surface area contributed by atoms with Crippen molar-refractivity contribution in [1.29, 1.82) is 0 Å². The molecule has 124 valence electrons. The number of hydrogen-bond acceptors (Lipinski definition) is 3. The molecule has 0 spiro atoms. The van der Waals surface area contributed by atoms with Gasteiger partial charge in [-0.25, -0.2) is 0 Å². The van der Waals surface area contributed by atoms with Crippen LogP contribution in [-0.4, -0.2) is 48.7 Å². The van der Waals surface area contributed by atoms with Crippen molar-refractivity contribution in [3.8, 4) is 0 Å². The molecule has 1 saturated heterocycles. The number of carboxylic acids is 1. The lowest BCUT2D eigenvalue weighted by Crippen LogP contribution is -2.52. The molecule has 1 aliphatic heterocycles. The Morgan fingerprint density at radius 1 is 1.30 bits per heavy atom. The van der Waals surface area contributed by atoms with Gasteiger partial charge in [0, 0.05) is 25.8 Å². The number of likely N-dealkylation sites (tertiary alicyclic amines) is 1. The number of aryl methyl sites for hydroxylation is 1. The van der Waals surface area contributed by atoms with Crippen molar-refractivity contribution in [2.24, 2.45) is 5.41 Å². The van der Waals surface area contributed by atoms with Gasteiger partial charge in [0.1, 0.15) is 5.41 Å².